The van der Waals surface area contributed by atoms with Gasteiger partial charge in [0.15, 0.2) is 4.34 Å². The summed E-state index contributed by atoms with van der Waals surface area (Å²) in [6.45, 7) is 0.757. The second-order valence-electron chi connectivity index (χ2n) is 4.57. The fraction of sp³-hybridized carbons (Fsp3) is 0.133. The van der Waals surface area contributed by atoms with Gasteiger partial charge in [-0.25, -0.2) is 4.98 Å². The number of benzene rings is 2. The number of nitrogens with zero attached hydrogens (tertiary/aromatic N) is 1. The molecule has 3 rings (SSSR count). The van der Waals surface area contributed by atoms with Crippen LogP contribution in [0, 0.1) is 3.57 Å². The molecule has 0 radical (unpaired) electrons. The van der Waals surface area contributed by atoms with Crippen molar-refractivity contribution in [2.45, 2.75) is 10.9 Å². The quantitative estimate of drug-likeness (QED) is 0.356. The Morgan fingerprint density at radius 1 is 1.29 bits per heavy atom. The molecule has 3 nitrogen and oxygen atoms in total. The van der Waals surface area contributed by atoms with E-state index >= 15 is 0 Å². The highest BCUT2D eigenvalue weighted by molar-refractivity contribution is 14.1. The molecule has 0 spiro atoms. The first-order valence-corrected chi connectivity index (χ1v) is 9.50. The molecule has 3 N–H and O–H groups in total. The molecule has 3 aromatic rings. The Morgan fingerprint density at radius 3 is 2.90 bits per heavy atom. The maximum absolute atomic E-state index is 6.02. The largest absolute Gasteiger partial charge is 0.397 e. The first kappa shape index (κ1) is 14.9. The molecule has 108 valence electrons. The summed E-state index contributed by atoms with van der Waals surface area (Å²) in [4.78, 5) is 4.55. The number of anilines is 2. The van der Waals surface area contributed by atoms with Crippen LogP contribution in [0.1, 0.15) is 5.56 Å². The average Bonchev–Trinajstić information content (AvgIpc) is 2.88. The number of nitrogens with one attached hydrogen (secondary N) is 1. The zero-order valence-electron chi connectivity index (χ0n) is 11.4. The van der Waals surface area contributed by atoms with Crippen LogP contribution in [0.25, 0.3) is 10.2 Å². The van der Waals surface area contributed by atoms with Gasteiger partial charge < -0.3 is 11.1 Å². The number of aromatic nitrogens is 1. The lowest BCUT2D eigenvalue weighted by atomic mass is 10.2. The van der Waals surface area contributed by atoms with Gasteiger partial charge in [0.1, 0.15) is 0 Å². The number of halogens is 1. The lowest BCUT2D eigenvalue weighted by Crippen LogP contribution is -2.02. The summed E-state index contributed by atoms with van der Waals surface area (Å²) >= 11 is 5.69. The van der Waals surface area contributed by atoms with Crippen molar-refractivity contribution in [2.75, 3.05) is 17.3 Å². The van der Waals surface area contributed by atoms with Gasteiger partial charge in [-0.15, -0.1) is 11.3 Å². The van der Waals surface area contributed by atoms with Gasteiger partial charge in [-0.3, -0.25) is 0 Å². The zero-order valence-corrected chi connectivity index (χ0v) is 15.2. The van der Waals surface area contributed by atoms with Crippen LogP contribution >= 0.6 is 45.7 Å². The molecule has 0 unspecified atom stereocenters. The van der Waals surface area contributed by atoms with Crippen LogP contribution < -0.4 is 11.1 Å². The summed E-state index contributed by atoms with van der Waals surface area (Å²) in [5.74, 6) is 0. The monoisotopic (exact) mass is 427 g/mol. The van der Waals surface area contributed by atoms with Crippen molar-refractivity contribution in [3.8, 4) is 0 Å². The Hall–Kier alpha value is -0.990. The highest BCUT2D eigenvalue weighted by Gasteiger charge is 2.05. The van der Waals surface area contributed by atoms with E-state index in [9.17, 15) is 0 Å². The number of nitrogen functional groups attached to an aromatic ring is 1. The third-order valence-electron chi connectivity index (χ3n) is 3.10. The van der Waals surface area contributed by atoms with E-state index in [0.717, 1.165) is 31.3 Å². The molecule has 0 aliphatic heterocycles. The van der Waals surface area contributed by atoms with Crippen molar-refractivity contribution >= 4 is 67.3 Å². The highest BCUT2D eigenvalue weighted by atomic mass is 127. The number of thioether (sulfide) groups is 1. The topological polar surface area (TPSA) is 50.9 Å². The normalized spacial score (nSPS) is 11.0. The van der Waals surface area contributed by atoms with Crippen LogP contribution in [0.3, 0.4) is 0 Å². The fourth-order valence-electron chi connectivity index (χ4n) is 2.04. The summed E-state index contributed by atoms with van der Waals surface area (Å²) in [7, 11) is 0. The van der Waals surface area contributed by atoms with E-state index in [1.807, 2.05) is 12.1 Å². The zero-order chi connectivity index (χ0) is 14.8. The van der Waals surface area contributed by atoms with Crippen LogP contribution in [0.2, 0.25) is 0 Å². The van der Waals surface area contributed by atoms with Crippen molar-refractivity contribution in [2.24, 2.45) is 0 Å². The van der Waals surface area contributed by atoms with Gasteiger partial charge >= 0.3 is 0 Å². The minimum absolute atomic E-state index is 0.757. The lowest BCUT2D eigenvalue weighted by molar-refractivity contribution is 1.16. The van der Waals surface area contributed by atoms with Crippen LogP contribution in [0.15, 0.2) is 40.7 Å². The Morgan fingerprint density at radius 2 is 2.14 bits per heavy atom. The standard InChI is InChI=1S/C15H14IN3S2/c1-20-15-19-13-4-2-9(6-14(13)21-15)8-18-12-5-3-10(16)7-11(12)17/h2-7,18H,8,17H2,1H3. The second-order valence-corrected chi connectivity index (χ2v) is 7.90. The third-order valence-corrected chi connectivity index (χ3v) is 5.78. The maximum Gasteiger partial charge on any atom is 0.150 e. The van der Waals surface area contributed by atoms with E-state index in [0.29, 0.717) is 0 Å². The van der Waals surface area contributed by atoms with E-state index in [1.54, 1.807) is 23.1 Å². The molecule has 0 amide bonds. The fourth-order valence-corrected chi connectivity index (χ4v) is 4.11. The van der Waals surface area contributed by atoms with Gasteiger partial charge in [-0.05, 0) is 64.7 Å². The maximum atomic E-state index is 6.02. The molecule has 0 aliphatic carbocycles. The molecule has 0 bridgehead atoms. The van der Waals surface area contributed by atoms with Crippen molar-refractivity contribution in [3.63, 3.8) is 0 Å². The smallest absolute Gasteiger partial charge is 0.150 e. The average molecular weight is 427 g/mol. The van der Waals surface area contributed by atoms with E-state index in [1.165, 1.54) is 10.3 Å². The molecule has 6 heteroatoms. The number of rotatable bonds is 4. The number of hydrogen-bond acceptors (Lipinski definition) is 5. The Kier molecular flexibility index (Phi) is 4.56. The Balaban J connectivity index is 1.78. The molecular formula is C15H14IN3S2. The van der Waals surface area contributed by atoms with Crippen LogP contribution in [0.4, 0.5) is 11.4 Å². The van der Waals surface area contributed by atoms with Gasteiger partial charge in [-0.1, -0.05) is 17.8 Å². The second kappa shape index (κ2) is 6.41. The molecule has 0 fully saturated rings. The van der Waals surface area contributed by atoms with Gasteiger partial charge in [0.25, 0.3) is 0 Å². The molecule has 1 heterocycles. The Bertz CT molecular complexity index is 786. The SMILES string of the molecule is CSc1nc2ccc(CNc3ccc(I)cc3N)cc2s1. The predicted molar refractivity (Wildman–Crippen MR) is 102 cm³/mol. The lowest BCUT2D eigenvalue weighted by Gasteiger charge is -2.09. The van der Waals surface area contributed by atoms with E-state index < -0.39 is 0 Å². The van der Waals surface area contributed by atoms with Gasteiger partial charge in [0.05, 0.1) is 21.6 Å². The van der Waals surface area contributed by atoms with Gasteiger partial charge in [0, 0.05) is 10.1 Å². The van der Waals surface area contributed by atoms with Gasteiger partial charge in [0.2, 0.25) is 0 Å². The molecule has 1 aromatic heterocycles. The van der Waals surface area contributed by atoms with Crippen LogP contribution in [-0.4, -0.2) is 11.2 Å². The summed E-state index contributed by atoms with van der Waals surface area (Å²) in [5.41, 5.74) is 10.1. The predicted octanol–water partition coefficient (Wildman–Crippen LogP) is 4.82. The molecular weight excluding hydrogens is 413 g/mol. The minimum Gasteiger partial charge on any atom is -0.397 e. The third kappa shape index (κ3) is 3.44. The molecule has 0 saturated heterocycles. The van der Waals surface area contributed by atoms with Crippen molar-refractivity contribution in [1.29, 1.82) is 0 Å². The van der Waals surface area contributed by atoms with E-state index in [-0.39, 0.29) is 0 Å². The van der Waals surface area contributed by atoms with Gasteiger partial charge in [-0.2, -0.15) is 0 Å². The molecule has 21 heavy (non-hydrogen) atoms. The van der Waals surface area contributed by atoms with Crippen molar-refractivity contribution in [3.05, 3.63) is 45.5 Å². The van der Waals surface area contributed by atoms with Crippen LogP contribution in [0.5, 0.6) is 0 Å². The summed E-state index contributed by atoms with van der Waals surface area (Å²) in [6, 6.07) is 12.4. The summed E-state index contributed by atoms with van der Waals surface area (Å²) in [6.07, 6.45) is 2.06. The van der Waals surface area contributed by atoms with Crippen molar-refractivity contribution in [1.82, 2.24) is 4.98 Å². The molecule has 0 atom stereocenters. The number of nitrogens with two attached hydrogens (primary N) is 1. The molecule has 2 aromatic carbocycles. The Labute approximate surface area is 145 Å². The minimum atomic E-state index is 0.757. The first-order valence-electron chi connectivity index (χ1n) is 6.38. The molecule has 0 aliphatic rings. The highest BCUT2D eigenvalue weighted by Crippen LogP contribution is 2.29. The summed E-state index contributed by atoms with van der Waals surface area (Å²) < 4.78 is 3.48. The van der Waals surface area contributed by atoms with E-state index in [2.05, 4.69) is 63.4 Å². The van der Waals surface area contributed by atoms with E-state index in [4.69, 9.17) is 5.73 Å². The van der Waals surface area contributed by atoms with Crippen LogP contribution in [-0.2, 0) is 6.54 Å². The van der Waals surface area contributed by atoms with Crippen molar-refractivity contribution < 1.29 is 0 Å². The molecule has 0 saturated carbocycles. The summed E-state index contributed by atoms with van der Waals surface area (Å²) in [5, 5.41) is 3.39. The first-order chi connectivity index (χ1) is 10.2. The number of fused-ring (bicyclic) bond motifs is 1. The number of thiazole rings is 1. The number of hydrogen-bond donors (Lipinski definition) is 2.